The Morgan fingerprint density at radius 1 is 1.08 bits per heavy atom. The van der Waals surface area contributed by atoms with Gasteiger partial charge in [-0.1, -0.05) is 30.3 Å². The fourth-order valence-corrected chi connectivity index (χ4v) is 2.86. The molecule has 0 saturated carbocycles. The van der Waals surface area contributed by atoms with Crippen molar-refractivity contribution in [1.82, 2.24) is 4.90 Å². The summed E-state index contributed by atoms with van der Waals surface area (Å²) >= 11 is 0. The van der Waals surface area contributed by atoms with Crippen molar-refractivity contribution >= 4 is 5.91 Å². The highest BCUT2D eigenvalue weighted by molar-refractivity contribution is 5.82. The first-order valence-corrected chi connectivity index (χ1v) is 8.25. The Labute approximate surface area is 145 Å². The number of hydrogen-bond donors (Lipinski definition) is 1. The molecule has 2 N–H and O–H groups in total. The van der Waals surface area contributed by atoms with Crippen molar-refractivity contribution in [2.75, 3.05) is 13.1 Å². The first-order valence-electron chi connectivity index (χ1n) is 8.25. The van der Waals surface area contributed by atoms with Crippen LogP contribution in [0.2, 0.25) is 0 Å². The zero-order chi connectivity index (χ0) is 17.8. The molecule has 0 radical (unpaired) electrons. The number of nitrogens with two attached hydrogens (primary N) is 1. The fourth-order valence-electron chi connectivity index (χ4n) is 2.86. The molecule has 1 atom stereocenters. The van der Waals surface area contributed by atoms with Crippen LogP contribution < -0.4 is 10.5 Å². The number of nitrogens with zero attached hydrogens (tertiary/aromatic N) is 1. The van der Waals surface area contributed by atoms with E-state index in [-0.39, 0.29) is 17.7 Å². The van der Waals surface area contributed by atoms with Gasteiger partial charge in [0.2, 0.25) is 6.10 Å². The van der Waals surface area contributed by atoms with Crippen LogP contribution in [0.15, 0.2) is 48.5 Å². The van der Waals surface area contributed by atoms with E-state index in [1.807, 2.05) is 6.07 Å². The second-order valence-corrected chi connectivity index (χ2v) is 6.15. The Hall–Kier alpha value is -2.47. The maximum absolute atomic E-state index is 13.5. The Kier molecular flexibility index (Phi) is 5.28. The topological polar surface area (TPSA) is 55.6 Å². The molecule has 25 heavy (non-hydrogen) atoms. The number of benzene rings is 2. The Balaban J connectivity index is 1.84. The highest BCUT2D eigenvalue weighted by Gasteiger charge is 2.30. The summed E-state index contributed by atoms with van der Waals surface area (Å²) in [5, 5.41) is 0. The van der Waals surface area contributed by atoms with Crippen LogP contribution in [-0.4, -0.2) is 29.9 Å². The number of rotatable bonds is 4. The van der Waals surface area contributed by atoms with Gasteiger partial charge in [-0.05, 0) is 25.0 Å². The van der Waals surface area contributed by atoms with E-state index < -0.39 is 17.7 Å². The van der Waals surface area contributed by atoms with E-state index in [9.17, 15) is 13.6 Å². The van der Waals surface area contributed by atoms with Crippen LogP contribution in [0, 0.1) is 11.6 Å². The minimum Gasteiger partial charge on any atom is -0.476 e. The minimum atomic E-state index is -1.01. The molecule has 0 bridgehead atoms. The summed E-state index contributed by atoms with van der Waals surface area (Å²) in [7, 11) is 0. The zero-order valence-electron chi connectivity index (χ0n) is 13.7. The van der Waals surface area contributed by atoms with Crippen molar-refractivity contribution < 1.29 is 18.3 Å². The number of hydrogen-bond acceptors (Lipinski definition) is 3. The maximum atomic E-state index is 13.5. The molecule has 6 heteroatoms. The van der Waals surface area contributed by atoms with Crippen LogP contribution >= 0.6 is 0 Å². The molecule has 1 heterocycles. The van der Waals surface area contributed by atoms with E-state index in [1.54, 1.807) is 29.2 Å². The first kappa shape index (κ1) is 17.4. The van der Waals surface area contributed by atoms with Crippen LogP contribution in [0.4, 0.5) is 8.78 Å². The van der Waals surface area contributed by atoms with Crippen LogP contribution in [0.25, 0.3) is 0 Å². The van der Waals surface area contributed by atoms with E-state index in [4.69, 9.17) is 10.5 Å². The van der Waals surface area contributed by atoms with Crippen LogP contribution in [0.1, 0.15) is 24.5 Å². The molecule has 0 aromatic heterocycles. The number of piperidine rings is 1. The normalized spacial score (nSPS) is 16.5. The molecule has 2 aromatic carbocycles. The molecule has 1 aliphatic rings. The molecule has 0 spiro atoms. The van der Waals surface area contributed by atoms with Crippen molar-refractivity contribution in [2.45, 2.75) is 25.0 Å². The van der Waals surface area contributed by atoms with E-state index in [0.717, 1.165) is 25.0 Å². The molecule has 2 aromatic rings. The maximum Gasteiger partial charge on any atom is 0.268 e. The number of carbonyl (C=O) groups excluding carboxylic acids is 1. The first-order chi connectivity index (χ1) is 12.0. The quantitative estimate of drug-likeness (QED) is 0.926. The van der Waals surface area contributed by atoms with Gasteiger partial charge in [0.25, 0.3) is 5.91 Å². The van der Waals surface area contributed by atoms with E-state index >= 15 is 0 Å². The Bertz CT molecular complexity index is 731. The fraction of sp³-hybridized carbons (Fsp3) is 0.316. The molecular formula is C19H20F2N2O2. The minimum absolute atomic E-state index is 0.103. The zero-order valence-corrected chi connectivity index (χ0v) is 13.7. The smallest absolute Gasteiger partial charge is 0.268 e. The van der Waals surface area contributed by atoms with Crippen molar-refractivity contribution in [1.29, 1.82) is 0 Å². The molecule has 1 fully saturated rings. The lowest BCUT2D eigenvalue weighted by atomic mass is 10.0. The molecule has 1 unspecified atom stereocenters. The van der Waals surface area contributed by atoms with Crippen molar-refractivity contribution in [3.8, 4) is 5.75 Å². The summed E-state index contributed by atoms with van der Waals surface area (Å²) in [5.74, 6) is -2.07. The lowest BCUT2D eigenvalue weighted by Gasteiger charge is -2.33. The number of ether oxygens (including phenoxy) is 1. The van der Waals surface area contributed by atoms with Crippen molar-refractivity contribution in [3.05, 3.63) is 65.7 Å². The highest BCUT2D eigenvalue weighted by Crippen LogP contribution is 2.26. The van der Waals surface area contributed by atoms with Gasteiger partial charge in [-0.15, -0.1) is 0 Å². The summed E-state index contributed by atoms with van der Waals surface area (Å²) in [6.07, 6.45) is 0.553. The lowest BCUT2D eigenvalue weighted by molar-refractivity contribution is -0.140. The highest BCUT2D eigenvalue weighted by atomic mass is 19.2. The third-order valence-electron chi connectivity index (χ3n) is 4.32. The van der Waals surface area contributed by atoms with E-state index in [2.05, 4.69) is 0 Å². The van der Waals surface area contributed by atoms with Crippen LogP contribution in [0.5, 0.6) is 5.75 Å². The summed E-state index contributed by atoms with van der Waals surface area (Å²) < 4.78 is 32.3. The second kappa shape index (κ2) is 7.61. The third-order valence-corrected chi connectivity index (χ3v) is 4.32. The summed E-state index contributed by atoms with van der Waals surface area (Å²) in [6, 6.07) is 12.3. The van der Waals surface area contributed by atoms with Crippen molar-refractivity contribution in [3.63, 3.8) is 0 Å². The predicted molar refractivity (Wildman–Crippen MR) is 90.0 cm³/mol. The van der Waals surface area contributed by atoms with Crippen LogP contribution in [-0.2, 0) is 4.79 Å². The summed E-state index contributed by atoms with van der Waals surface area (Å²) in [6.45, 7) is 1.12. The average Bonchev–Trinajstić information content (AvgIpc) is 2.63. The van der Waals surface area contributed by atoms with Gasteiger partial charge in [-0.25, -0.2) is 8.78 Å². The van der Waals surface area contributed by atoms with Gasteiger partial charge < -0.3 is 15.4 Å². The number of likely N-dealkylation sites (tertiary alicyclic amines) is 1. The van der Waals surface area contributed by atoms with Gasteiger partial charge in [0.1, 0.15) is 5.75 Å². The molecule has 1 aliphatic heterocycles. The second-order valence-electron chi connectivity index (χ2n) is 6.15. The number of halogens is 2. The van der Waals surface area contributed by atoms with E-state index in [1.165, 1.54) is 6.07 Å². The molecule has 1 saturated heterocycles. The van der Waals surface area contributed by atoms with E-state index in [0.29, 0.717) is 18.7 Å². The molecule has 0 aliphatic carbocycles. The summed E-state index contributed by atoms with van der Waals surface area (Å²) in [4.78, 5) is 14.7. The SMILES string of the molecule is NC1CCN(C(=O)C(Oc2ccc(F)c(F)c2)c2ccccc2)CC1. The van der Waals surface area contributed by atoms with Gasteiger partial charge >= 0.3 is 0 Å². The van der Waals surface area contributed by atoms with Crippen LogP contribution in [0.3, 0.4) is 0 Å². The Morgan fingerprint density at radius 2 is 1.76 bits per heavy atom. The average molecular weight is 346 g/mol. The van der Waals surface area contributed by atoms with Gasteiger partial charge in [0.15, 0.2) is 11.6 Å². The Morgan fingerprint density at radius 3 is 2.40 bits per heavy atom. The molecule has 4 nitrogen and oxygen atoms in total. The van der Waals surface area contributed by atoms with Gasteiger partial charge in [0.05, 0.1) is 0 Å². The van der Waals surface area contributed by atoms with Gasteiger partial charge in [0, 0.05) is 30.8 Å². The molecule has 1 amide bonds. The molecule has 3 rings (SSSR count). The summed E-state index contributed by atoms with van der Waals surface area (Å²) in [5.41, 5.74) is 6.55. The van der Waals surface area contributed by atoms with Crippen molar-refractivity contribution in [2.24, 2.45) is 5.73 Å². The molecule has 132 valence electrons. The predicted octanol–water partition coefficient (Wildman–Crippen LogP) is 3.03. The van der Waals surface area contributed by atoms with Gasteiger partial charge in [-0.2, -0.15) is 0 Å². The standard InChI is InChI=1S/C19H20F2N2O2/c20-16-7-6-15(12-17(16)21)25-18(13-4-2-1-3-5-13)19(24)23-10-8-14(22)9-11-23/h1-7,12,14,18H,8-11,22H2. The monoisotopic (exact) mass is 346 g/mol. The third kappa shape index (κ3) is 4.14. The largest absolute Gasteiger partial charge is 0.476 e. The molecular weight excluding hydrogens is 326 g/mol. The number of carbonyl (C=O) groups is 1. The lowest BCUT2D eigenvalue weighted by Crippen LogP contribution is -2.45. The van der Waals surface area contributed by atoms with Gasteiger partial charge in [-0.3, -0.25) is 4.79 Å². The number of amides is 1.